The zero-order valence-corrected chi connectivity index (χ0v) is 43.7. The van der Waals surface area contributed by atoms with E-state index in [2.05, 4.69) is 31.3 Å². The van der Waals surface area contributed by atoms with Gasteiger partial charge in [0.25, 0.3) is 7.82 Å². The minimum Gasteiger partial charge on any atom is -0.756 e. The highest BCUT2D eigenvalue weighted by molar-refractivity contribution is 7.45. The fourth-order valence-electron chi connectivity index (χ4n) is 8.39. The second kappa shape index (κ2) is 46.4. The van der Waals surface area contributed by atoms with E-state index >= 15 is 0 Å². The number of carbonyl (C=O) groups excluding carboxylic acids is 1. The number of allylic oxidation sites excluding steroid dienone is 2. The first-order chi connectivity index (χ1) is 30.5. The normalized spacial score (nSPS) is 14.1. The summed E-state index contributed by atoms with van der Waals surface area (Å²) in [5.74, 6) is -0.162. The minimum absolute atomic E-state index is 0.0146. The Balaban J connectivity index is 4.02. The summed E-state index contributed by atoms with van der Waals surface area (Å²) in [5, 5.41) is 13.9. The number of nitrogens with zero attached hydrogens (tertiary/aromatic N) is 1. The molecular formula is C54H109N2O6P. The van der Waals surface area contributed by atoms with Crippen molar-refractivity contribution in [1.82, 2.24) is 5.32 Å². The highest BCUT2D eigenvalue weighted by Crippen LogP contribution is 2.38. The van der Waals surface area contributed by atoms with E-state index < -0.39 is 20.0 Å². The predicted octanol–water partition coefficient (Wildman–Crippen LogP) is 15.6. The van der Waals surface area contributed by atoms with Crippen LogP contribution >= 0.6 is 7.82 Å². The van der Waals surface area contributed by atoms with Gasteiger partial charge in [-0.1, -0.05) is 244 Å². The van der Waals surface area contributed by atoms with Crippen molar-refractivity contribution in [2.75, 3.05) is 40.9 Å². The van der Waals surface area contributed by atoms with Crippen molar-refractivity contribution in [3.05, 3.63) is 12.2 Å². The van der Waals surface area contributed by atoms with Crippen LogP contribution in [0, 0.1) is 0 Å². The zero-order chi connectivity index (χ0) is 46.4. The van der Waals surface area contributed by atoms with Gasteiger partial charge in [0.05, 0.1) is 39.9 Å². The van der Waals surface area contributed by atoms with Crippen molar-refractivity contribution in [3.8, 4) is 0 Å². The summed E-state index contributed by atoms with van der Waals surface area (Å²) in [4.78, 5) is 25.4. The summed E-state index contributed by atoms with van der Waals surface area (Å²) >= 11 is 0. The van der Waals surface area contributed by atoms with Crippen molar-refractivity contribution in [2.45, 2.75) is 289 Å². The van der Waals surface area contributed by atoms with Gasteiger partial charge in [-0.05, 0) is 38.5 Å². The van der Waals surface area contributed by atoms with Gasteiger partial charge in [0, 0.05) is 6.42 Å². The Morgan fingerprint density at radius 3 is 1.24 bits per heavy atom. The maximum Gasteiger partial charge on any atom is 0.268 e. The molecule has 3 atom stereocenters. The van der Waals surface area contributed by atoms with Crippen LogP contribution in [0.2, 0.25) is 0 Å². The van der Waals surface area contributed by atoms with Crippen LogP contribution < -0.4 is 10.2 Å². The molecule has 0 heterocycles. The summed E-state index contributed by atoms with van der Waals surface area (Å²) in [6.07, 6.45) is 55.3. The fourth-order valence-corrected chi connectivity index (χ4v) is 9.11. The van der Waals surface area contributed by atoms with Gasteiger partial charge in [0.2, 0.25) is 5.91 Å². The molecule has 0 rings (SSSR count). The van der Waals surface area contributed by atoms with Gasteiger partial charge in [-0.2, -0.15) is 0 Å². The Morgan fingerprint density at radius 2 is 0.873 bits per heavy atom. The average molecular weight is 913 g/mol. The van der Waals surface area contributed by atoms with Crippen molar-refractivity contribution in [2.24, 2.45) is 0 Å². The van der Waals surface area contributed by atoms with Crippen molar-refractivity contribution >= 4 is 13.7 Å². The third-order valence-corrected chi connectivity index (χ3v) is 13.7. The number of phosphoric ester groups is 1. The fraction of sp³-hybridized carbons (Fsp3) is 0.944. The molecule has 9 heteroatoms. The summed E-state index contributed by atoms with van der Waals surface area (Å²) < 4.78 is 23.3. The third kappa shape index (κ3) is 49.0. The lowest BCUT2D eigenvalue weighted by Gasteiger charge is -2.30. The van der Waals surface area contributed by atoms with Crippen LogP contribution in [-0.2, 0) is 18.4 Å². The van der Waals surface area contributed by atoms with Gasteiger partial charge in [0.1, 0.15) is 13.2 Å². The summed E-state index contributed by atoms with van der Waals surface area (Å²) in [7, 11) is 1.32. The molecule has 0 fully saturated rings. The van der Waals surface area contributed by atoms with Crippen molar-refractivity contribution < 1.29 is 32.9 Å². The highest BCUT2D eigenvalue weighted by Gasteiger charge is 2.24. The second-order valence-corrected chi connectivity index (χ2v) is 21.7. The van der Waals surface area contributed by atoms with Crippen LogP contribution in [0.3, 0.4) is 0 Å². The highest BCUT2D eigenvalue weighted by atomic mass is 31.2. The molecule has 0 saturated heterocycles. The Kier molecular flexibility index (Phi) is 45.8. The molecule has 0 aromatic rings. The van der Waals surface area contributed by atoms with Gasteiger partial charge >= 0.3 is 0 Å². The van der Waals surface area contributed by atoms with E-state index in [9.17, 15) is 19.4 Å². The van der Waals surface area contributed by atoms with Crippen LogP contribution in [0.15, 0.2) is 12.2 Å². The smallest absolute Gasteiger partial charge is 0.268 e. The SMILES string of the molecule is CCCCCCCCCCCCCC/C=C\CCCCCCCCCCCCCCCC(=O)NC(COP(=O)([O-])OCC[N+](C)(C)C)C(O)CCCCCCCCCCCCCC. The van der Waals surface area contributed by atoms with Crippen LogP contribution in [0.4, 0.5) is 0 Å². The van der Waals surface area contributed by atoms with E-state index in [0.717, 1.165) is 38.5 Å². The second-order valence-electron chi connectivity index (χ2n) is 20.3. The number of quaternary nitrogens is 1. The molecular weight excluding hydrogens is 804 g/mol. The molecule has 3 unspecified atom stereocenters. The molecule has 0 aliphatic heterocycles. The Morgan fingerprint density at radius 1 is 0.540 bits per heavy atom. The number of hydrogen-bond donors (Lipinski definition) is 2. The molecule has 0 aliphatic rings. The molecule has 0 radical (unpaired) electrons. The van der Waals surface area contributed by atoms with Crippen molar-refractivity contribution in [3.63, 3.8) is 0 Å². The summed E-state index contributed by atoms with van der Waals surface area (Å²) in [5.41, 5.74) is 0. The molecule has 2 N–H and O–H groups in total. The largest absolute Gasteiger partial charge is 0.756 e. The number of unbranched alkanes of at least 4 members (excludes halogenated alkanes) is 36. The topological polar surface area (TPSA) is 108 Å². The zero-order valence-electron chi connectivity index (χ0n) is 42.8. The summed E-state index contributed by atoms with van der Waals surface area (Å²) in [6.45, 7) is 4.74. The van der Waals surface area contributed by atoms with Crippen LogP contribution in [-0.4, -0.2) is 68.5 Å². The Labute approximate surface area is 392 Å². The molecule has 0 saturated carbocycles. The number of carbonyl (C=O) groups is 1. The van der Waals surface area contributed by atoms with E-state index in [4.69, 9.17) is 9.05 Å². The Bertz CT molecular complexity index is 1040. The quantitative estimate of drug-likeness (QED) is 0.0272. The van der Waals surface area contributed by atoms with Crippen LogP contribution in [0.5, 0.6) is 0 Å². The lowest BCUT2D eigenvalue weighted by molar-refractivity contribution is -0.870. The third-order valence-electron chi connectivity index (χ3n) is 12.8. The van der Waals surface area contributed by atoms with E-state index in [0.29, 0.717) is 23.9 Å². The number of aliphatic hydroxyl groups is 1. The molecule has 0 aliphatic carbocycles. The molecule has 0 spiro atoms. The van der Waals surface area contributed by atoms with Gasteiger partial charge in [-0.25, -0.2) is 0 Å². The first-order valence-corrected chi connectivity index (χ1v) is 29.0. The first-order valence-electron chi connectivity index (χ1n) is 27.5. The number of phosphoric acid groups is 1. The lowest BCUT2D eigenvalue weighted by atomic mass is 10.0. The molecule has 0 bridgehead atoms. The van der Waals surface area contributed by atoms with Crippen LogP contribution in [0.25, 0.3) is 0 Å². The van der Waals surface area contributed by atoms with E-state index in [1.807, 2.05) is 21.1 Å². The number of nitrogens with one attached hydrogen (secondary N) is 1. The lowest BCUT2D eigenvalue weighted by Crippen LogP contribution is -2.46. The monoisotopic (exact) mass is 913 g/mol. The van der Waals surface area contributed by atoms with Gasteiger partial charge in [-0.15, -0.1) is 0 Å². The molecule has 0 aromatic carbocycles. The number of likely N-dealkylation sites (N-methyl/N-ethyl adjacent to an activating group) is 1. The number of rotatable bonds is 51. The molecule has 63 heavy (non-hydrogen) atoms. The minimum atomic E-state index is -4.56. The number of aliphatic hydroxyl groups excluding tert-OH is 1. The molecule has 376 valence electrons. The maximum absolute atomic E-state index is 12.9. The van der Waals surface area contributed by atoms with E-state index in [1.165, 1.54) is 212 Å². The van der Waals surface area contributed by atoms with E-state index in [1.54, 1.807) is 0 Å². The molecule has 0 aromatic heterocycles. The van der Waals surface area contributed by atoms with Gasteiger partial charge < -0.3 is 28.8 Å². The van der Waals surface area contributed by atoms with Crippen LogP contribution in [0.1, 0.15) is 277 Å². The predicted molar refractivity (Wildman–Crippen MR) is 270 cm³/mol. The van der Waals surface area contributed by atoms with Crippen molar-refractivity contribution in [1.29, 1.82) is 0 Å². The average Bonchev–Trinajstić information content (AvgIpc) is 3.24. The van der Waals surface area contributed by atoms with E-state index in [-0.39, 0.29) is 19.1 Å². The maximum atomic E-state index is 12.9. The number of hydrogen-bond acceptors (Lipinski definition) is 6. The first kappa shape index (κ1) is 62.2. The molecule has 1 amide bonds. The standard InChI is InChI=1S/C54H109N2O6P/c1-6-8-10-12-14-16-18-20-21-22-23-24-25-26-27-28-29-30-31-32-33-34-35-36-38-40-42-44-46-48-54(58)55-52(51-62-63(59,60)61-50-49-56(3,4)5)53(57)47-45-43-41-39-37-19-17-15-13-11-9-7-2/h26-27,52-53,57H,6-25,28-51H2,1-5H3,(H-,55,58,59,60)/b27-26-. The molecule has 8 nitrogen and oxygen atoms in total. The van der Waals surface area contributed by atoms with Gasteiger partial charge in [-0.3, -0.25) is 9.36 Å². The Hall–Kier alpha value is -0.760. The number of amides is 1. The van der Waals surface area contributed by atoms with Gasteiger partial charge in [0.15, 0.2) is 0 Å². The summed E-state index contributed by atoms with van der Waals surface area (Å²) in [6, 6.07) is -0.796.